The van der Waals surface area contributed by atoms with E-state index in [2.05, 4.69) is 55.4 Å². The Morgan fingerprint density at radius 2 is 0.500 bits per heavy atom. The molecular weight excluding hydrogens is 1110 g/mol. The maximum atomic E-state index is 13.0. The van der Waals surface area contributed by atoms with Crippen molar-refractivity contribution in [1.82, 2.24) is 0 Å². The van der Waals surface area contributed by atoms with Crippen LogP contribution in [0.1, 0.15) is 312 Å². The molecule has 0 fully saturated rings. The fourth-order valence-electron chi connectivity index (χ4n) is 9.61. The molecule has 498 valence electrons. The van der Waals surface area contributed by atoms with E-state index in [-0.39, 0.29) is 25.7 Å². The lowest BCUT2D eigenvalue weighted by atomic mass is 10.0. The molecule has 17 nitrogen and oxygen atoms in total. The minimum Gasteiger partial charge on any atom is -0.462 e. The van der Waals surface area contributed by atoms with Crippen molar-refractivity contribution in [2.45, 2.75) is 331 Å². The lowest BCUT2D eigenvalue weighted by Crippen LogP contribution is -2.30. The van der Waals surface area contributed by atoms with Crippen LogP contribution in [0.15, 0.2) is 0 Å². The van der Waals surface area contributed by atoms with Gasteiger partial charge in [0.05, 0.1) is 26.4 Å². The largest absolute Gasteiger partial charge is 0.472 e. The second-order valence-corrected chi connectivity index (χ2v) is 28.3. The second-order valence-electron chi connectivity index (χ2n) is 25.4. The first-order chi connectivity index (χ1) is 40.1. The van der Waals surface area contributed by atoms with E-state index in [1.54, 1.807) is 0 Å². The van der Waals surface area contributed by atoms with Crippen LogP contribution in [0.2, 0.25) is 0 Å². The highest BCUT2D eigenvalue weighted by atomic mass is 31.2. The molecular formula is C65H126O17P2. The number of rotatable bonds is 62. The first kappa shape index (κ1) is 82.1. The summed E-state index contributed by atoms with van der Waals surface area (Å²) >= 11 is 0. The number of ether oxygens (including phenoxy) is 4. The van der Waals surface area contributed by atoms with Crippen LogP contribution in [0.25, 0.3) is 0 Å². The van der Waals surface area contributed by atoms with Gasteiger partial charge in [-0.05, 0) is 49.4 Å². The van der Waals surface area contributed by atoms with Gasteiger partial charge in [-0.25, -0.2) is 9.13 Å². The van der Waals surface area contributed by atoms with Gasteiger partial charge in [-0.15, -0.1) is 0 Å². The van der Waals surface area contributed by atoms with E-state index in [9.17, 15) is 43.2 Å². The van der Waals surface area contributed by atoms with Gasteiger partial charge in [0.15, 0.2) is 12.2 Å². The Balaban J connectivity index is 5.23. The maximum Gasteiger partial charge on any atom is 0.472 e. The highest BCUT2D eigenvalue weighted by Crippen LogP contribution is 2.45. The zero-order chi connectivity index (χ0) is 62.5. The lowest BCUT2D eigenvalue weighted by Gasteiger charge is -2.21. The van der Waals surface area contributed by atoms with Crippen molar-refractivity contribution in [1.29, 1.82) is 0 Å². The fraction of sp³-hybridized carbons (Fsp3) is 0.938. The summed E-state index contributed by atoms with van der Waals surface area (Å²) in [5, 5.41) is 10.5. The van der Waals surface area contributed by atoms with E-state index >= 15 is 0 Å². The summed E-state index contributed by atoms with van der Waals surface area (Å²) in [6.07, 6.45) is 35.2. The van der Waals surface area contributed by atoms with Crippen LogP contribution in [0.4, 0.5) is 0 Å². The molecule has 0 saturated carbocycles. The van der Waals surface area contributed by atoms with Gasteiger partial charge in [0.2, 0.25) is 0 Å². The molecule has 0 amide bonds. The van der Waals surface area contributed by atoms with Gasteiger partial charge in [-0.1, -0.05) is 261 Å². The summed E-state index contributed by atoms with van der Waals surface area (Å²) in [4.78, 5) is 72.2. The molecule has 0 spiro atoms. The van der Waals surface area contributed by atoms with Crippen LogP contribution in [-0.2, 0) is 65.4 Å². The van der Waals surface area contributed by atoms with Crippen molar-refractivity contribution in [3.05, 3.63) is 0 Å². The van der Waals surface area contributed by atoms with Crippen LogP contribution >= 0.6 is 15.6 Å². The molecule has 3 N–H and O–H groups in total. The van der Waals surface area contributed by atoms with Gasteiger partial charge >= 0.3 is 39.5 Å². The monoisotopic (exact) mass is 1240 g/mol. The van der Waals surface area contributed by atoms with Crippen molar-refractivity contribution >= 4 is 39.5 Å². The van der Waals surface area contributed by atoms with Crippen molar-refractivity contribution in [2.75, 3.05) is 39.6 Å². The summed E-state index contributed by atoms with van der Waals surface area (Å²) in [6, 6.07) is 0. The Hall–Kier alpha value is -1.94. The van der Waals surface area contributed by atoms with Gasteiger partial charge in [-0.3, -0.25) is 37.3 Å². The normalized spacial score (nSPS) is 14.4. The molecule has 0 aromatic heterocycles. The topological polar surface area (TPSA) is 237 Å². The summed E-state index contributed by atoms with van der Waals surface area (Å²) in [6.45, 7) is 13.9. The minimum atomic E-state index is -4.95. The molecule has 0 aromatic carbocycles. The summed E-state index contributed by atoms with van der Waals surface area (Å²) in [5.41, 5.74) is 0. The number of phosphoric acid groups is 2. The molecule has 0 aliphatic rings. The number of aliphatic hydroxyl groups excluding tert-OH is 1. The molecule has 0 rings (SSSR count). The van der Waals surface area contributed by atoms with Crippen LogP contribution in [0, 0.1) is 23.7 Å². The third kappa shape index (κ3) is 59.0. The zero-order valence-electron chi connectivity index (χ0n) is 54.5. The van der Waals surface area contributed by atoms with Crippen LogP contribution < -0.4 is 0 Å². The summed E-state index contributed by atoms with van der Waals surface area (Å²) < 4.78 is 68.0. The van der Waals surface area contributed by atoms with Gasteiger partial charge in [0.25, 0.3) is 0 Å². The molecule has 0 bridgehead atoms. The predicted octanol–water partition coefficient (Wildman–Crippen LogP) is 17.8. The smallest absolute Gasteiger partial charge is 0.462 e. The number of carbonyl (C=O) groups excluding carboxylic acids is 4. The Kier molecular flexibility index (Phi) is 53.9. The van der Waals surface area contributed by atoms with Gasteiger partial charge in [0.1, 0.15) is 19.3 Å². The SMILES string of the molecule is CC(C)CCCCCCCCCCCCCCC(=O)O[C@H](COC(=O)CCCCCCCCCC(C)C)COP(=O)(O)OC[C@@H](O)COP(=O)(O)OC[C@@H](COC(=O)CCCCCCCCC(C)C)OC(=O)CCCCCCCCCC(C)C. The van der Waals surface area contributed by atoms with Crippen LogP contribution in [0.3, 0.4) is 0 Å². The molecule has 0 heterocycles. The van der Waals surface area contributed by atoms with Crippen molar-refractivity contribution < 1.29 is 80.2 Å². The van der Waals surface area contributed by atoms with Crippen molar-refractivity contribution in [3.8, 4) is 0 Å². The third-order valence-electron chi connectivity index (χ3n) is 14.8. The number of phosphoric ester groups is 2. The summed E-state index contributed by atoms with van der Waals surface area (Å²) in [5.74, 6) is 0.716. The summed E-state index contributed by atoms with van der Waals surface area (Å²) in [7, 11) is -9.89. The highest BCUT2D eigenvalue weighted by Gasteiger charge is 2.30. The van der Waals surface area contributed by atoms with Gasteiger partial charge < -0.3 is 33.8 Å². The number of esters is 4. The Labute approximate surface area is 511 Å². The van der Waals surface area contributed by atoms with Gasteiger partial charge in [0, 0.05) is 25.7 Å². The first-order valence-corrected chi connectivity index (χ1v) is 36.7. The number of aliphatic hydroxyl groups is 1. The minimum absolute atomic E-state index is 0.102. The molecule has 5 atom stereocenters. The molecule has 19 heteroatoms. The number of hydrogen-bond acceptors (Lipinski definition) is 15. The molecule has 0 aliphatic heterocycles. The van der Waals surface area contributed by atoms with E-state index in [0.717, 1.165) is 109 Å². The number of unbranched alkanes of at least 4 members (excludes halogenated alkanes) is 28. The lowest BCUT2D eigenvalue weighted by molar-refractivity contribution is -0.161. The maximum absolute atomic E-state index is 13.0. The highest BCUT2D eigenvalue weighted by molar-refractivity contribution is 7.47. The second kappa shape index (κ2) is 55.2. The average Bonchev–Trinajstić information content (AvgIpc) is 3.59. The number of carbonyl (C=O) groups is 4. The van der Waals surface area contributed by atoms with Crippen molar-refractivity contribution in [2.24, 2.45) is 23.7 Å². The number of hydrogen-bond donors (Lipinski definition) is 3. The predicted molar refractivity (Wildman–Crippen MR) is 335 cm³/mol. The van der Waals surface area contributed by atoms with E-state index in [1.165, 1.54) is 103 Å². The zero-order valence-corrected chi connectivity index (χ0v) is 56.3. The standard InChI is InChI=1S/C65H126O17P2/c1-55(2)41-33-25-17-13-11-9-10-12-14-20-31-39-47-64(69)81-60(51-75-62(67)45-37-29-21-15-18-26-34-42-56(3)4)53-79-83(71,72)77-49-59(66)50-78-84(73,74)80-54-61(52-76-63(68)46-38-30-24-23-28-36-44-58(7)8)82-65(70)48-40-32-22-16-19-27-35-43-57(5)6/h55-61,66H,9-54H2,1-8H3,(H,71,72)(H,73,74)/t59-,60-,61-/m1/s1. The molecule has 0 saturated heterocycles. The van der Waals surface area contributed by atoms with E-state index in [0.29, 0.717) is 43.4 Å². The quantitative estimate of drug-likeness (QED) is 0.0222. The third-order valence-corrected chi connectivity index (χ3v) is 16.7. The Morgan fingerprint density at radius 3 is 0.738 bits per heavy atom. The molecule has 0 aromatic rings. The Bertz CT molecular complexity index is 1680. The molecule has 2 unspecified atom stereocenters. The van der Waals surface area contributed by atoms with E-state index < -0.39 is 97.5 Å². The van der Waals surface area contributed by atoms with E-state index in [4.69, 9.17) is 37.0 Å². The molecule has 0 radical (unpaired) electrons. The average molecular weight is 1240 g/mol. The fourth-order valence-corrected chi connectivity index (χ4v) is 11.2. The van der Waals surface area contributed by atoms with E-state index in [1.807, 2.05) is 0 Å². The van der Waals surface area contributed by atoms with Crippen LogP contribution in [0.5, 0.6) is 0 Å². The molecule has 0 aliphatic carbocycles. The van der Waals surface area contributed by atoms with Crippen LogP contribution in [-0.4, -0.2) is 96.7 Å². The van der Waals surface area contributed by atoms with Gasteiger partial charge in [-0.2, -0.15) is 0 Å². The van der Waals surface area contributed by atoms with Crippen molar-refractivity contribution in [3.63, 3.8) is 0 Å². The molecule has 84 heavy (non-hydrogen) atoms. The Morgan fingerprint density at radius 1 is 0.298 bits per heavy atom. The first-order valence-electron chi connectivity index (χ1n) is 33.7.